The van der Waals surface area contributed by atoms with E-state index in [0.717, 1.165) is 0 Å². The van der Waals surface area contributed by atoms with Crippen LogP contribution in [0.15, 0.2) is 50.5 Å². The van der Waals surface area contributed by atoms with Crippen molar-refractivity contribution in [1.82, 2.24) is 4.98 Å². The van der Waals surface area contributed by atoms with Gasteiger partial charge in [-0.3, -0.25) is 14.5 Å². The Hall–Kier alpha value is -3.07. The van der Waals surface area contributed by atoms with Gasteiger partial charge in [-0.15, -0.1) is 0 Å². The highest BCUT2D eigenvalue weighted by atomic mass is 32.2. The highest BCUT2D eigenvalue weighted by Crippen LogP contribution is 2.24. The van der Waals surface area contributed by atoms with Crippen molar-refractivity contribution in [1.29, 1.82) is 0 Å². The number of aromatic nitrogens is 1. The van der Waals surface area contributed by atoms with Crippen LogP contribution in [0.3, 0.4) is 0 Å². The molecule has 1 heterocycles. The summed E-state index contributed by atoms with van der Waals surface area (Å²) in [7, 11) is -3.88. The molecule has 130 valence electrons. The maximum atomic E-state index is 12.6. The van der Waals surface area contributed by atoms with Crippen molar-refractivity contribution < 1.29 is 17.6 Å². The number of carbonyl (C=O) groups is 1. The number of aromatic amines is 1. The highest BCUT2D eigenvalue weighted by Gasteiger charge is 2.19. The number of amides is 1. The molecule has 0 fully saturated rings. The lowest BCUT2D eigenvalue weighted by Gasteiger charge is -2.11. The Labute approximate surface area is 142 Å². The fourth-order valence-corrected chi connectivity index (χ4v) is 3.71. The standard InChI is InChI=1S/C16H15N3O5S/c1-9-7-13-14(24-16(21)18-13)8-15(9)25(22,23)19-12-5-3-11(4-6-12)17-10(2)20/h3-8,19H,1-2H3,(H,17,20)(H,18,21). The van der Waals surface area contributed by atoms with Crippen LogP contribution in [0.5, 0.6) is 0 Å². The van der Waals surface area contributed by atoms with Crippen LogP contribution in [0.2, 0.25) is 0 Å². The average molecular weight is 361 g/mol. The Morgan fingerprint density at radius 3 is 2.40 bits per heavy atom. The van der Waals surface area contributed by atoms with Crippen molar-refractivity contribution in [2.45, 2.75) is 18.7 Å². The molecule has 8 nitrogen and oxygen atoms in total. The summed E-state index contributed by atoms with van der Waals surface area (Å²) in [6.45, 7) is 3.01. The molecular formula is C16H15N3O5S. The molecule has 3 aromatic rings. The van der Waals surface area contributed by atoms with Gasteiger partial charge in [0.25, 0.3) is 10.0 Å². The number of hydrogen-bond acceptors (Lipinski definition) is 5. The van der Waals surface area contributed by atoms with Crippen LogP contribution in [-0.2, 0) is 14.8 Å². The van der Waals surface area contributed by atoms with E-state index < -0.39 is 15.8 Å². The van der Waals surface area contributed by atoms with Gasteiger partial charge < -0.3 is 9.73 Å². The second-order valence-corrected chi connectivity index (χ2v) is 7.14. The predicted octanol–water partition coefficient (Wildman–Crippen LogP) is 2.19. The Morgan fingerprint density at radius 2 is 1.76 bits per heavy atom. The third-order valence-electron chi connectivity index (χ3n) is 3.46. The molecule has 9 heteroatoms. The summed E-state index contributed by atoms with van der Waals surface area (Å²) < 4.78 is 32.6. The van der Waals surface area contributed by atoms with Crippen molar-refractivity contribution in [3.05, 3.63) is 52.5 Å². The molecule has 0 aliphatic carbocycles. The number of rotatable bonds is 4. The lowest BCUT2D eigenvalue weighted by Crippen LogP contribution is -2.14. The summed E-state index contributed by atoms with van der Waals surface area (Å²) in [5.74, 6) is -0.865. The summed E-state index contributed by atoms with van der Waals surface area (Å²) in [4.78, 5) is 24.7. The van der Waals surface area contributed by atoms with E-state index in [4.69, 9.17) is 4.42 Å². The number of anilines is 2. The minimum atomic E-state index is -3.88. The van der Waals surface area contributed by atoms with E-state index in [9.17, 15) is 18.0 Å². The molecule has 3 rings (SSSR count). The summed E-state index contributed by atoms with van der Waals surface area (Å²) in [6.07, 6.45) is 0. The first-order valence-corrected chi connectivity index (χ1v) is 8.77. The number of nitrogens with one attached hydrogen (secondary N) is 3. The van der Waals surface area contributed by atoms with E-state index in [1.807, 2.05) is 0 Å². The smallest absolute Gasteiger partial charge is 0.408 e. The molecule has 0 atom stereocenters. The van der Waals surface area contributed by atoms with Crippen molar-refractivity contribution in [3.63, 3.8) is 0 Å². The number of benzene rings is 2. The van der Waals surface area contributed by atoms with Crippen LogP contribution in [-0.4, -0.2) is 19.3 Å². The molecule has 0 aliphatic heterocycles. The van der Waals surface area contributed by atoms with E-state index in [0.29, 0.717) is 22.5 Å². The Bertz CT molecular complexity index is 1110. The largest absolute Gasteiger partial charge is 0.417 e. The monoisotopic (exact) mass is 361 g/mol. The van der Waals surface area contributed by atoms with Crippen molar-refractivity contribution in [2.75, 3.05) is 10.0 Å². The van der Waals surface area contributed by atoms with Crippen molar-refractivity contribution >= 4 is 38.4 Å². The number of carbonyl (C=O) groups excluding carboxylic acids is 1. The van der Waals surface area contributed by atoms with E-state index >= 15 is 0 Å². The Balaban J connectivity index is 1.92. The zero-order valence-corrected chi connectivity index (χ0v) is 14.2. The number of hydrogen-bond donors (Lipinski definition) is 3. The fraction of sp³-hybridized carbons (Fsp3) is 0.125. The minimum absolute atomic E-state index is 0.00804. The summed E-state index contributed by atoms with van der Waals surface area (Å²) in [6, 6.07) is 9.08. The first kappa shape index (κ1) is 16.8. The average Bonchev–Trinajstić information content (AvgIpc) is 2.86. The lowest BCUT2D eigenvalue weighted by molar-refractivity contribution is -0.114. The highest BCUT2D eigenvalue weighted by molar-refractivity contribution is 7.92. The van der Waals surface area contributed by atoms with Gasteiger partial charge in [-0.2, -0.15) is 0 Å². The maximum Gasteiger partial charge on any atom is 0.417 e. The molecular weight excluding hydrogens is 346 g/mol. The second-order valence-electron chi connectivity index (χ2n) is 5.49. The minimum Gasteiger partial charge on any atom is -0.408 e. The molecule has 2 aromatic carbocycles. The SMILES string of the molecule is CC(=O)Nc1ccc(NS(=O)(=O)c2cc3oc(=O)[nH]c3cc2C)cc1. The summed E-state index contributed by atoms with van der Waals surface area (Å²) >= 11 is 0. The molecule has 0 radical (unpaired) electrons. The molecule has 1 aromatic heterocycles. The molecule has 3 N–H and O–H groups in total. The van der Waals surface area contributed by atoms with Gasteiger partial charge >= 0.3 is 5.76 Å². The van der Waals surface area contributed by atoms with Crippen LogP contribution < -0.4 is 15.8 Å². The van der Waals surface area contributed by atoms with E-state index in [1.165, 1.54) is 31.2 Å². The number of sulfonamides is 1. The molecule has 0 saturated heterocycles. The number of aryl methyl sites for hydroxylation is 1. The van der Waals surface area contributed by atoms with E-state index in [2.05, 4.69) is 15.0 Å². The van der Waals surface area contributed by atoms with Gasteiger partial charge in [0, 0.05) is 24.4 Å². The zero-order valence-electron chi connectivity index (χ0n) is 13.4. The van der Waals surface area contributed by atoms with E-state index in [-0.39, 0.29) is 16.4 Å². The van der Waals surface area contributed by atoms with Gasteiger partial charge in [0.2, 0.25) is 5.91 Å². The lowest BCUT2D eigenvalue weighted by atomic mass is 10.2. The van der Waals surface area contributed by atoms with Crippen LogP contribution in [0.4, 0.5) is 11.4 Å². The Kier molecular flexibility index (Phi) is 4.09. The molecule has 0 aliphatic rings. The van der Waals surface area contributed by atoms with Gasteiger partial charge in [-0.1, -0.05) is 0 Å². The molecule has 1 amide bonds. The molecule has 0 spiro atoms. The molecule has 0 bridgehead atoms. The third kappa shape index (κ3) is 3.56. The van der Waals surface area contributed by atoms with E-state index in [1.54, 1.807) is 19.1 Å². The van der Waals surface area contributed by atoms with Gasteiger partial charge in [0.1, 0.15) is 0 Å². The van der Waals surface area contributed by atoms with Gasteiger partial charge in [0.05, 0.1) is 10.4 Å². The Morgan fingerprint density at radius 1 is 1.12 bits per heavy atom. The maximum absolute atomic E-state index is 12.6. The second kappa shape index (κ2) is 6.10. The number of H-pyrrole nitrogens is 1. The molecule has 0 unspecified atom stereocenters. The number of oxazole rings is 1. The van der Waals surface area contributed by atoms with Gasteiger partial charge in [-0.25, -0.2) is 13.2 Å². The van der Waals surface area contributed by atoms with Crippen molar-refractivity contribution in [2.24, 2.45) is 0 Å². The number of fused-ring (bicyclic) bond motifs is 1. The summed E-state index contributed by atoms with van der Waals surface area (Å²) in [5, 5.41) is 2.60. The molecule has 0 saturated carbocycles. The zero-order chi connectivity index (χ0) is 18.2. The first-order valence-electron chi connectivity index (χ1n) is 7.28. The van der Waals surface area contributed by atoms with Crippen molar-refractivity contribution in [3.8, 4) is 0 Å². The van der Waals surface area contributed by atoms with Gasteiger partial charge in [0.15, 0.2) is 5.58 Å². The first-order chi connectivity index (χ1) is 11.7. The molecule has 25 heavy (non-hydrogen) atoms. The summed E-state index contributed by atoms with van der Waals surface area (Å²) in [5.41, 5.74) is 1.95. The van der Waals surface area contributed by atoms with Crippen LogP contribution >= 0.6 is 0 Å². The van der Waals surface area contributed by atoms with Crippen LogP contribution in [0, 0.1) is 6.92 Å². The van der Waals surface area contributed by atoms with Crippen LogP contribution in [0.1, 0.15) is 12.5 Å². The predicted molar refractivity (Wildman–Crippen MR) is 93.1 cm³/mol. The van der Waals surface area contributed by atoms with Crippen LogP contribution in [0.25, 0.3) is 11.1 Å². The normalized spacial score (nSPS) is 11.4. The third-order valence-corrected chi connectivity index (χ3v) is 4.99. The topological polar surface area (TPSA) is 121 Å². The fourth-order valence-electron chi connectivity index (χ4n) is 2.41. The quantitative estimate of drug-likeness (QED) is 0.658. The van der Waals surface area contributed by atoms with Gasteiger partial charge in [-0.05, 0) is 42.8 Å².